The van der Waals surface area contributed by atoms with Crippen molar-refractivity contribution in [2.45, 2.75) is 0 Å². The van der Waals surface area contributed by atoms with Crippen LogP contribution in [0.3, 0.4) is 0 Å². The third-order valence-corrected chi connectivity index (χ3v) is 8.95. The van der Waals surface area contributed by atoms with Gasteiger partial charge in [0.15, 0.2) is 6.29 Å². The predicted octanol–water partition coefficient (Wildman–Crippen LogP) is 9.64. The quantitative estimate of drug-likeness (QED) is 0.131. The SMILES string of the molecule is O=Cc1ccc(-c2ccc(-c3ccc(N(c4ccc(I)cc4)c4ccc(I)cc4)cc3)s2)s1. The fraction of sp³-hybridized carbons (Fsp3) is 0. The van der Waals surface area contributed by atoms with E-state index in [1.54, 1.807) is 11.3 Å². The summed E-state index contributed by atoms with van der Waals surface area (Å²) in [5.41, 5.74) is 4.57. The molecule has 0 saturated carbocycles. The highest BCUT2D eigenvalue weighted by Crippen LogP contribution is 2.39. The number of carbonyl (C=O) groups excluding carboxylic acids is 1. The van der Waals surface area contributed by atoms with E-state index in [1.165, 1.54) is 33.8 Å². The molecule has 2 heterocycles. The van der Waals surface area contributed by atoms with Crippen molar-refractivity contribution in [1.29, 1.82) is 0 Å². The molecule has 0 atom stereocenters. The lowest BCUT2D eigenvalue weighted by Gasteiger charge is -2.25. The maximum atomic E-state index is 11.0. The monoisotopic (exact) mass is 689 g/mol. The van der Waals surface area contributed by atoms with E-state index in [2.05, 4.69) is 135 Å². The van der Waals surface area contributed by atoms with Crippen LogP contribution in [0.15, 0.2) is 97.1 Å². The Kier molecular flexibility index (Phi) is 6.96. The normalized spacial score (nSPS) is 10.8. The number of carbonyl (C=O) groups is 1. The summed E-state index contributed by atoms with van der Waals surface area (Å²) in [6, 6.07) is 34.1. The van der Waals surface area contributed by atoms with Gasteiger partial charge in [0, 0.05) is 38.8 Å². The van der Waals surface area contributed by atoms with Gasteiger partial charge in [-0.25, -0.2) is 0 Å². The third-order valence-electron chi connectivity index (χ3n) is 5.17. The summed E-state index contributed by atoms with van der Waals surface area (Å²) in [6.45, 7) is 0. The van der Waals surface area contributed by atoms with Crippen molar-refractivity contribution < 1.29 is 4.79 Å². The van der Waals surface area contributed by atoms with Crippen molar-refractivity contribution in [2.75, 3.05) is 4.90 Å². The van der Waals surface area contributed by atoms with Gasteiger partial charge in [-0.05, 0) is 136 Å². The lowest BCUT2D eigenvalue weighted by Crippen LogP contribution is -2.09. The number of aldehydes is 1. The zero-order valence-electron chi connectivity index (χ0n) is 17.2. The van der Waals surface area contributed by atoms with Crippen molar-refractivity contribution in [1.82, 2.24) is 0 Å². The molecule has 0 amide bonds. The molecule has 6 heteroatoms. The highest BCUT2D eigenvalue weighted by Gasteiger charge is 2.13. The number of nitrogens with zero attached hydrogens (tertiary/aromatic N) is 1. The first-order valence-electron chi connectivity index (χ1n) is 10.2. The highest BCUT2D eigenvalue weighted by atomic mass is 127. The zero-order valence-corrected chi connectivity index (χ0v) is 23.2. The van der Waals surface area contributed by atoms with Crippen LogP contribution in [-0.2, 0) is 0 Å². The van der Waals surface area contributed by atoms with Crippen LogP contribution in [0, 0.1) is 7.14 Å². The van der Waals surface area contributed by atoms with Gasteiger partial charge in [0.1, 0.15) is 0 Å². The molecule has 0 N–H and O–H groups in total. The Bertz CT molecular complexity index is 1340. The van der Waals surface area contributed by atoms with Crippen molar-refractivity contribution in [3.05, 3.63) is 109 Å². The van der Waals surface area contributed by atoms with Crippen molar-refractivity contribution in [2.24, 2.45) is 0 Å². The van der Waals surface area contributed by atoms with Crippen molar-refractivity contribution in [3.63, 3.8) is 0 Å². The molecule has 3 aromatic carbocycles. The van der Waals surface area contributed by atoms with Crippen molar-refractivity contribution in [3.8, 4) is 20.2 Å². The van der Waals surface area contributed by atoms with Crippen LogP contribution in [0.25, 0.3) is 20.2 Å². The van der Waals surface area contributed by atoms with Crippen LogP contribution < -0.4 is 4.90 Å². The second kappa shape index (κ2) is 10.1. The Morgan fingerprint density at radius 3 is 1.52 bits per heavy atom. The van der Waals surface area contributed by atoms with E-state index in [0.29, 0.717) is 0 Å². The Hall–Kier alpha value is -2.01. The minimum atomic E-state index is 0.760. The molecule has 0 aliphatic rings. The minimum absolute atomic E-state index is 0.760. The first-order valence-corrected chi connectivity index (χ1v) is 14.0. The van der Waals surface area contributed by atoms with Crippen LogP contribution in [0.1, 0.15) is 9.67 Å². The molecular weight excluding hydrogens is 672 g/mol. The predicted molar refractivity (Wildman–Crippen MR) is 159 cm³/mol. The van der Waals surface area contributed by atoms with E-state index in [1.807, 2.05) is 12.1 Å². The molecule has 0 saturated heterocycles. The standard InChI is InChI=1S/C27H17I2NOS2/c28-19-3-9-22(10-4-19)30(23-11-5-20(29)6-12-23)21-7-1-18(2-8-21)25-15-16-27(33-25)26-14-13-24(17-31)32-26/h1-17H. The topological polar surface area (TPSA) is 20.3 Å². The molecule has 0 unspecified atom stereocenters. The Morgan fingerprint density at radius 2 is 1.00 bits per heavy atom. The lowest BCUT2D eigenvalue weighted by atomic mass is 10.1. The summed E-state index contributed by atoms with van der Waals surface area (Å²) in [5, 5.41) is 0. The fourth-order valence-electron chi connectivity index (χ4n) is 3.58. The maximum Gasteiger partial charge on any atom is 0.160 e. The lowest BCUT2D eigenvalue weighted by molar-refractivity contribution is 0.112. The van der Waals surface area contributed by atoms with Crippen LogP contribution in [0.5, 0.6) is 0 Å². The Labute approximate surface area is 228 Å². The smallest absolute Gasteiger partial charge is 0.160 e. The van der Waals surface area contributed by atoms with Gasteiger partial charge in [-0.1, -0.05) is 12.1 Å². The summed E-state index contributed by atoms with van der Waals surface area (Å²) in [6.07, 6.45) is 0.911. The summed E-state index contributed by atoms with van der Waals surface area (Å²) >= 11 is 7.96. The summed E-state index contributed by atoms with van der Waals surface area (Å²) in [7, 11) is 0. The van der Waals surface area contributed by atoms with Gasteiger partial charge in [-0.3, -0.25) is 4.79 Å². The second-order valence-corrected chi connectivity index (χ2v) is 12.0. The average molecular weight is 689 g/mol. The molecule has 0 fully saturated rings. The molecule has 0 bridgehead atoms. The van der Waals surface area contributed by atoms with Gasteiger partial charge in [-0.15, -0.1) is 22.7 Å². The second-order valence-electron chi connectivity index (χ2n) is 7.32. The minimum Gasteiger partial charge on any atom is -0.311 e. The van der Waals surface area contributed by atoms with Crippen LogP contribution in [-0.4, -0.2) is 6.29 Å². The Balaban J connectivity index is 1.47. The van der Waals surface area contributed by atoms with E-state index in [-0.39, 0.29) is 0 Å². The van der Waals surface area contributed by atoms with Crippen LogP contribution in [0.2, 0.25) is 0 Å². The molecule has 162 valence electrons. The number of rotatable bonds is 6. The third kappa shape index (κ3) is 5.08. The largest absolute Gasteiger partial charge is 0.311 e. The Morgan fingerprint density at radius 1 is 0.545 bits per heavy atom. The molecule has 0 radical (unpaired) electrons. The van der Waals surface area contributed by atoms with Gasteiger partial charge < -0.3 is 4.90 Å². The van der Waals surface area contributed by atoms with Gasteiger partial charge in [0.05, 0.1) is 4.88 Å². The molecule has 0 aliphatic heterocycles. The van der Waals surface area contributed by atoms with Crippen LogP contribution in [0.4, 0.5) is 17.1 Å². The highest BCUT2D eigenvalue weighted by molar-refractivity contribution is 14.1. The number of benzene rings is 3. The zero-order chi connectivity index (χ0) is 22.8. The van der Waals surface area contributed by atoms with Gasteiger partial charge in [0.25, 0.3) is 0 Å². The number of hydrogen-bond acceptors (Lipinski definition) is 4. The number of hydrogen-bond donors (Lipinski definition) is 0. The first kappa shape index (κ1) is 22.8. The molecule has 2 nitrogen and oxygen atoms in total. The molecule has 0 spiro atoms. The number of thiophene rings is 2. The first-order chi connectivity index (χ1) is 16.1. The van der Waals surface area contributed by atoms with Gasteiger partial charge in [0.2, 0.25) is 0 Å². The number of halogens is 2. The summed E-state index contributed by atoms with van der Waals surface area (Å²) in [4.78, 5) is 17.6. The van der Waals surface area contributed by atoms with E-state index in [9.17, 15) is 4.79 Å². The summed E-state index contributed by atoms with van der Waals surface area (Å²) in [5.74, 6) is 0. The molecular formula is C27H17I2NOS2. The molecule has 2 aromatic heterocycles. The van der Waals surface area contributed by atoms with Crippen LogP contribution >= 0.6 is 67.9 Å². The van der Waals surface area contributed by atoms with E-state index >= 15 is 0 Å². The summed E-state index contributed by atoms with van der Waals surface area (Å²) < 4.78 is 2.43. The van der Waals surface area contributed by atoms with E-state index in [4.69, 9.17) is 0 Å². The number of anilines is 3. The average Bonchev–Trinajstić information content (AvgIpc) is 3.52. The van der Waals surface area contributed by atoms with Crippen molar-refractivity contribution >= 4 is 91.2 Å². The maximum absolute atomic E-state index is 11.0. The molecule has 5 rings (SSSR count). The van der Waals surface area contributed by atoms with E-state index in [0.717, 1.165) is 33.1 Å². The molecule has 0 aliphatic carbocycles. The van der Waals surface area contributed by atoms with E-state index < -0.39 is 0 Å². The van der Waals surface area contributed by atoms with Gasteiger partial charge >= 0.3 is 0 Å². The molecule has 5 aromatic rings. The van der Waals surface area contributed by atoms with Gasteiger partial charge in [-0.2, -0.15) is 0 Å². The fourth-order valence-corrected chi connectivity index (χ4v) is 6.22. The molecule has 33 heavy (non-hydrogen) atoms.